The van der Waals surface area contributed by atoms with E-state index in [2.05, 4.69) is 4.90 Å². The fraction of sp³-hybridized carbons (Fsp3) is 0.562. The SMILES string of the molecule is Cc1cc(C(=O)O)ccc1CN(CC1CC1)C1CC1. The van der Waals surface area contributed by atoms with Crippen molar-refractivity contribution in [1.82, 2.24) is 4.90 Å². The predicted octanol–water partition coefficient (Wildman–Crippen LogP) is 3.07. The first-order valence-corrected chi connectivity index (χ1v) is 7.20. The lowest BCUT2D eigenvalue weighted by atomic mass is 10.0. The molecule has 0 saturated heterocycles. The summed E-state index contributed by atoms with van der Waals surface area (Å²) in [5.41, 5.74) is 2.76. The van der Waals surface area contributed by atoms with E-state index in [1.54, 1.807) is 12.1 Å². The van der Waals surface area contributed by atoms with Gasteiger partial charge in [-0.3, -0.25) is 4.90 Å². The summed E-state index contributed by atoms with van der Waals surface area (Å²) < 4.78 is 0. The summed E-state index contributed by atoms with van der Waals surface area (Å²) in [5.74, 6) is 0.0749. The maximum Gasteiger partial charge on any atom is 0.335 e. The van der Waals surface area contributed by atoms with Crippen LogP contribution in [0.15, 0.2) is 18.2 Å². The van der Waals surface area contributed by atoms with Crippen LogP contribution in [-0.2, 0) is 6.54 Å². The van der Waals surface area contributed by atoms with Gasteiger partial charge in [0.15, 0.2) is 0 Å². The number of benzene rings is 1. The highest BCUT2D eigenvalue weighted by atomic mass is 16.4. The third-order valence-corrected chi connectivity index (χ3v) is 4.22. The first-order valence-electron chi connectivity index (χ1n) is 7.20. The topological polar surface area (TPSA) is 40.5 Å². The van der Waals surface area contributed by atoms with Gasteiger partial charge in [0, 0.05) is 19.1 Å². The Labute approximate surface area is 114 Å². The fourth-order valence-corrected chi connectivity index (χ4v) is 2.64. The molecule has 0 radical (unpaired) electrons. The van der Waals surface area contributed by atoms with Gasteiger partial charge in [0.1, 0.15) is 0 Å². The number of carbonyl (C=O) groups is 1. The number of aromatic carboxylic acids is 1. The lowest BCUT2D eigenvalue weighted by molar-refractivity contribution is 0.0696. The summed E-state index contributed by atoms with van der Waals surface area (Å²) in [7, 11) is 0. The largest absolute Gasteiger partial charge is 0.478 e. The molecule has 1 aromatic rings. The van der Waals surface area contributed by atoms with E-state index in [4.69, 9.17) is 5.11 Å². The molecule has 1 N–H and O–H groups in total. The molecule has 0 heterocycles. The Morgan fingerprint density at radius 1 is 1.32 bits per heavy atom. The highest BCUT2D eigenvalue weighted by Crippen LogP contribution is 2.35. The van der Waals surface area contributed by atoms with Gasteiger partial charge in [-0.15, -0.1) is 0 Å². The normalized spacial score (nSPS) is 18.8. The van der Waals surface area contributed by atoms with Gasteiger partial charge in [-0.2, -0.15) is 0 Å². The van der Waals surface area contributed by atoms with Crippen molar-refractivity contribution < 1.29 is 9.90 Å². The molecule has 0 aromatic heterocycles. The van der Waals surface area contributed by atoms with E-state index in [9.17, 15) is 4.79 Å². The van der Waals surface area contributed by atoms with Gasteiger partial charge < -0.3 is 5.11 Å². The standard InChI is InChI=1S/C16H21NO2/c1-11-8-13(16(18)19)4-5-14(11)10-17(15-6-7-15)9-12-2-3-12/h4-5,8,12,15H,2-3,6-7,9-10H2,1H3,(H,18,19). The van der Waals surface area contributed by atoms with Crippen molar-refractivity contribution in [2.45, 2.75) is 45.2 Å². The quantitative estimate of drug-likeness (QED) is 0.853. The van der Waals surface area contributed by atoms with Crippen molar-refractivity contribution in [3.8, 4) is 0 Å². The molecule has 3 nitrogen and oxygen atoms in total. The van der Waals surface area contributed by atoms with Crippen LogP contribution >= 0.6 is 0 Å². The number of nitrogens with zero attached hydrogens (tertiary/aromatic N) is 1. The van der Waals surface area contributed by atoms with Crippen molar-refractivity contribution in [3.63, 3.8) is 0 Å². The fourth-order valence-electron chi connectivity index (χ4n) is 2.64. The third kappa shape index (κ3) is 3.16. The molecule has 2 saturated carbocycles. The van der Waals surface area contributed by atoms with Crippen molar-refractivity contribution in [3.05, 3.63) is 34.9 Å². The third-order valence-electron chi connectivity index (χ3n) is 4.22. The van der Waals surface area contributed by atoms with Crippen LogP contribution in [0.5, 0.6) is 0 Å². The van der Waals surface area contributed by atoms with E-state index < -0.39 is 5.97 Å². The lowest BCUT2D eigenvalue weighted by Gasteiger charge is -2.23. The second-order valence-corrected chi connectivity index (χ2v) is 6.05. The summed E-state index contributed by atoms with van der Waals surface area (Å²) in [6.45, 7) is 4.22. The van der Waals surface area contributed by atoms with E-state index in [-0.39, 0.29) is 0 Å². The molecule has 0 unspecified atom stereocenters. The minimum atomic E-state index is -0.841. The first kappa shape index (κ1) is 12.7. The molecule has 2 aliphatic rings. The van der Waals surface area contributed by atoms with Crippen molar-refractivity contribution in [2.75, 3.05) is 6.54 Å². The Morgan fingerprint density at radius 3 is 2.58 bits per heavy atom. The second kappa shape index (κ2) is 4.97. The van der Waals surface area contributed by atoms with Gasteiger partial charge >= 0.3 is 5.97 Å². The predicted molar refractivity (Wildman–Crippen MR) is 74.3 cm³/mol. The maximum absolute atomic E-state index is 10.9. The number of hydrogen-bond acceptors (Lipinski definition) is 2. The highest BCUT2D eigenvalue weighted by Gasteiger charge is 2.33. The second-order valence-electron chi connectivity index (χ2n) is 6.05. The molecule has 0 aliphatic heterocycles. The number of aryl methyl sites for hydroxylation is 1. The molecule has 102 valence electrons. The van der Waals surface area contributed by atoms with Crippen LogP contribution < -0.4 is 0 Å². The Hall–Kier alpha value is -1.35. The smallest absolute Gasteiger partial charge is 0.335 e. The Morgan fingerprint density at radius 2 is 2.05 bits per heavy atom. The minimum absolute atomic E-state index is 0.390. The van der Waals surface area contributed by atoms with Crippen molar-refractivity contribution in [2.24, 2.45) is 5.92 Å². The zero-order valence-corrected chi connectivity index (χ0v) is 11.4. The molecule has 2 fully saturated rings. The maximum atomic E-state index is 10.9. The summed E-state index contributed by atoms with van der Waals surface area (Å²) in [6.07, 6.45) is 5.44. The minimum Gasteiger partial charge on any atom is -0.478 e. The van der Waals surface area contributed by atoms with Crippen molar-refractivity contribution in [1.29, 1.82) is 0 Å². The van der Waals surface area contributed by atoms with Gasteiger partial charge in [-0.1, -0.05) is 6.07 Å². The summed E-state index contributed by atoms with van der Waals surface area (Å²) >= 11 is 0. The number of carboxylic acid groups (broad SMARTS) is 1. The van der Waals surface area contributed by atoms with E-state index in [0.29, 0.717) is 5.56 Å². The number of hydrogen-bond donors (Lipinski definition) is 1. The molecule has 0 bridgehead atoms. The average Bonchev–Trinajstić information content (AvgIpc) is 3.24. The van der Waals surface area contributed by atoms with E-state index in [1.807, 2.05) is 13.0 Å². The van der Waals surface area contributed by atoms with Crippen LogP contribution in [0.25, 0.3) is 0 Å². The number of rotatable bonds is 6. The van der Waals surface area contributed by atoms with Gasteiger partial charge in [0.25, 0.3) is 0 Å². The first-order chi connectivity index (χ1) is 9.13. The molecular formula is C16H21NO2. The molecule has 19 heavy (non-hydrogen) atoms. The summed E-state index contributed by atoms with van der Waals surface area (Å²) in [5, 5.41) is 9.00. The van der Waals surface area contributed by atoms with Gasteiger partial charge in [0.2, 0.25) is 0 Å². The Kier molecular flexibility index (Phi) is 3.31. The van der Waals surface area contributed by atoms with Crippen LogP contribution in [-0.4, -0.2) is 28.6 Å². The van der Waals surface area contributed by atoms with Crippen LogP contribution in [0.3, 0.4) is 0 Å². The Bertz CT molecular complexity index is 490. The lowest BCUT2D eigenvalue weighted by Crippen LogP contribution is -2.28. The van der Waals surface area contributed by atoms with E-state index in [0.717, 1.165) is 24.1 Å². The summed E-state index contributed by atoms with van der Waals surface area (Å²) in [6, 6.07) is 6.28. The highest BCUT2D eigenvalue weighted by molar-refractivity contribution is 5.87. The molecular weight excluding hydrogens is 238 g/mol. The molecule has 3 rings (SSSR count). The molecule has 3 heteroatoms. The van der Waals surface area contributed by atoms with Crippen LogP contribution in [0, 0.1) is 12.8 Å². The summed E-state index contributed by atoms with van der Waals surface area (Å²) in [4.78, 5) is 13.5. The molecule has 2 aliphatic carbocycles. The van der Waals surface area contributed by atoms with Crippen LogP contribution in [0.4, 0.5) is 0 Å². The zero-order chi connectivity index (χ0) is 13.4. The van der Waals surface area contributed by atoms with Gasteiger partial charge in [-0.05, 0) is 61.8 Å². The molecule has 1 aromatic carbocycles. The molecule has 0 atom stereocenters. The van der Waals surface area contributed by atoms with Crippen molar-refractivity contribution >= 4 is 5.97 Å². The van der Waals surface area contributed by atoms with Gasteiger partial charge in [0.05, 0.1) is 5.56 Å². The average molecular weight is 259 g/mol. The van der Waals surface area contributed by atoms with Crippen LogP contribution in [0.2, 0.25) is 0 Å². The van der Waals surface area contributed by atoms with Crippen LogP contribution in [0.1, 0.15) is 47.2 Å². The monoisotopic (exact) mass is 259 g/mol. The zero-order valence-electron chi connectivity index (χ0n) is 11.4. The Balaban J connectivity index is 1.71. The number of carboxylic acids is 1. The van der Waals surface area contributed by atoms with E-state index >= 15 is 0 Å². The molecule has 0 spiro atoms. The van der Waals surface area contributed by atoms with Gasteiger partial charge in [-0.25, -0.2) is 4.79 Å². The molecule has 0 amide bonds. The van der Waals surface area contributed by atoms with E-state index in [1.165, 1.54) is 37.8 Å².